The van der Waals surface area contributed by atoms with E-state index >= 15 is 0 Å². The number of ether oxygens (including phenoxy) is 2. The third-order valence-electron chi connectivity index (χ3n) is 8.23. The van der Waals surface area contributed by atoms with Gasteiger partial charge in [-0.2, -0.15) is 0 Å². The van der Waals surface area contributed by atoms with Crippen LogP contribution in [0.5, 0.6) is 0 Å². The zero-order chi connectivity index (χ0) is 36.6. The molecule has 0 spiro atoms. The lowest BCUT2D eigenvalue weighted by Gasteiger charge is -2.20. The Morgan fingerprint density at radius 1 is 0.620 bits per heavy atom. The molecule has 0 aromatic carbocycles. The van der Waals surface area contributed by atoms with Gasteiger partial charge >= 0.3 is 13.8 Å². The van der Waals surface area contributed by atoms with Crippen LogP contribution in [-0.4, -0.2) is 49.9 Å². The maximum absolute atomic E-state index is 12.5. The molecule has 0 rings (SSSR count). The molecule has 292 valence electrons. The number of nitrogens with two attached hydrogens (primary N) is 1. The number of carbonyl (C=O) groups excluding carboxylic acids is 1. The predicted octanol–water partition coefficient (Wildman–Crippen LogP) is 11.6. The fourth-order valence-corrected chi connectivity index (χ4v) is 6.06. The molecule has 0 aromatic rings. The Bertz CT molecular complexity index is 905. The molecular weight excluding hydrogens is 649 g/mol. The first kappa shape index (κ1) is 48.5. The third kappa shape index (κ3) is 37.7. The molecule has 50 heavy (non-hydrogen) atoms. The second-order valence-corrected chi connectivity index (χ2v) is 14.6. The van der Waals surface area contributed by atoms with Crippen LogP contribution in [0.25, 0.3) is 0 Å². The van der Waals surface area contributed by atoms with E-state index in [1.54, 1.807) is 0 Å². The maximum atomic E-state index is 12.5. The summed E-state index contributed by atoms with van der Waals surface area (Å²) in [7, 11) is -4.28. The quantitative estimate of drug-likeness (QED) is 0.0279. The molecule has 3 N–H and O–H groups in total. The van der Waals surface area contributed by atoms with Gasteiger partial charge in [-0.25, -0.2) is 4.57 Å². The number of allylic oxidation sites excluding steroid dienone is 8. The van der Waals surface area contributed by atoms with Gasteiger partial charge in [-0.05, 0) is 70.6 Å². The standard InChI is InChI=1S/C41H76NO7P/c1-3-5-7-9-11-13-15-17-19-21-23-25-27-29-31-33-36-46-38-40(39-48-50(44,45)47-37-35-42)49-41(43)34-32-30-28-26-24-22-20-18-16-14-12-10-8-6-4-2/h6,8,12,14,17-20,40H,3-5,7,9-11,13,15-16,21-39,42H2,1-2H3,(H,44,45)/b8-6-,14-12-,19-17-,20-18-. The number of phosphoric ester groups is 1. The normalized spacial score (nSPS) is 14.1. The Balaban J connectivity index is 4.11. The summed E-state index contributed by atoms with van der Waals surface area (Å²) in [4.78, 5) is 22.4. The molecule has 0 radical (unpaired) electrons. The van der Waals surface area contributed by atoms with Crippen LogP contribution >= 0.6 is 7.82 Å². The Hall–Kier alpha value is -1.54. The molecule has 0 bridgehead atoms. The lowest BCUT2D eigenvalue weighted by molar-refractivity contribution is -0.154. The summed E-state index contributed by atoms with van der Waals surface area (Å²) in [5, 5.41) is 0. The molecule has 2 atom stereocenters. The molecule has 0 amide bonds. The van der Waals surface area contributed by atoms with Crippen molar-refractivity contribution >= 4 is 13.8 Å². The number of phosphoric acid groups is 1. The molecule has 0 aliphatic heterocycles. The summed E-state index contributed by atoms with van der Waals surface area (Å²) >= 11 is 0. The van der Waals surface area contributed by atoms with Gasteiger partial charge in [-0.3, -0.25) is 13.8 Å². The number of unbranched alkanes of at least 4 members (excludes halogenated alkanes) is 17. The van der Waals surface area contributed by atoms with Crippen LogP contribution < -0.4 is 5.73 Å². The fraction of sp³-hybridized carbons (Fsp3) is 0.780. The summed E-state index contributed by atoms with van der Waals surface area (Å²) in [5.41, 5.74) is 5.36. The van der Waals surface area contributed by atoms with Gasteiger partial charge in [0, 0.05) is 19.6 Å². The largest absolute Gasteiger partial charge is 0.472 e. The van der Waals surface area contributed by atoms with Crippen molar-refractivity contribution in [2.75, 3.05) is 33.0 Å². The lowest BCUT2D eigenvalue weighted by atomic mass is 10.1. The molecule has 9 heteroatoms. The van der Waals surface area contributed by atoms with Crippen molar-refractivity contribution in [2.24, 2.45) is 5.73 Å². The molecule has 0 aromatic heterocycles. The zero-order valence-electron chi connectivity index (χ0n) is 32.1. The van der Waals surface area contributed by atoms with Crippen LogP contribution in [0.15, 0.2) is 48.6 Å². The van der Waals surface area contributed by atoms with Crippen molar-refractivity contribution in [3.63, 3.8) is 0 Å². The van der Waals surface area contributed by atoms with Gasteiger partial charge in [0.15, 0.2) is 0 Å². The molecule has 0 fully saturated rings. The van der Waals surface area contributed by atoms with Crippen LogP contribution in [0.2, 0.25) is 0 Å². The lowest BCUT2D eigenvalue weighted by Crippen LogP contribution is -2.28. The molecule has 0 saturated carbocycles. The minimum atomic E-state index is -4.28. The minimum absolute atomic E-state index is 0.0948. The second kappa shape index (κ2) is 38.7. The van der Waals surface area contributed by atoms with Crippen molar-refractivity contribution < 1.29 is 32.8 Å². The van der Waals surface area contributed by atoms with E-state index < -0.39 is 13.9 Å². The number of rotatable bonds is 38. The average Bonchev–Trinajstić information content (AvgIpc) is 3.10. The van der Waals surface area contributed by atoms with Gasteiger partial charge in [0.25, 0.3) is 0 Å². The molecule has 0 heterocycles. The molecule has 2 unspecified atom stereocenters. The van der Waals surface area contributed by atoms with Gasteiger partial charge in [0.2, 0.25) is 0 Å². The summed E-state index contributed by atoms with van der Waals surface area (Å²) in [6.07, 6.45) is 44.1. The van der Waals surface area contributed by atoms with Gasteiger partial charge < -0.3 is 20.1 Å². The maximum Gasteiger partial charge on any atom is 0.472 e. The highest BCUT2D eigenvalue weighted by atomic mass is 31.2. The van der Waals surface area contributed by atoms with E-state index in [1.165, 1.54) is 77.0 Å². The first-order valence-electron chi connectivity index (χ1n) is 20.1. The van der Waals surface area contributed by atoms with E-state index in [4.69, 9.17) is 24.3 Å². The van der Waals surface area contributed by atoms with E-state index in [0.717, 1.165) is 70.6 Å². The Morgan fingerprint density at radius 3 is 1.70 bits per heavy atom. The molecule has 8 nitrogen and oxygen atoms in total. The fourth-order valence-electron chi connectivity index (χ4n) is 5.30. The van der Waals surface area contributed by atoms with Gasteiger partial charge in [0.05, 0.1) is 19.8 Å². The zero-order valence-corrected chi connectivity index (χ0v) is 33.0. The smallest absolute Gasteiger partial charge is 0.457 e. The van der Waals surface area contributed by atoms with Crippen molar-refractivity contribution in [1.29, 1.82) is 0 Å². The minimum Gasteiger partial charge on any atom is -0.457 e. The second-order valence-electron chi connectivity index (χ2n) is 13.1. The van der Waals surface area contributed by atoms with Crippen LogP contribution in [0.4, 0.5) is 0 Å². The Kier molecular flexibility index (Phi) is 37.5. The van der Waals surface area contributed by atoms with Crippen molar-refractivity contribution in [2.45, 2.75) is 174 Å². The predicted molar refractivity (Wildman–Crippen MR) is 210 cm³/mol. The number of esters is 1. The van der Waals surface area contributed by atoms with Crippen LogP contribution in [0, 0.1) is 0 Å². The highest BCUT2D eigenvalue weighted by molar-refractivity contribution is 7.47. The third-order valence-corrected chi connectivity index (χ3v) is 9.21. The van der Waals surface area contributed by atoms with E-state index in [2.05, 4.69) is 62.5 Å². The van der Waals surface area contributed by atoms with E-state index in [-0.39, 0.29) is 32.3 Å². The van der Waals surface area contributed by atoms with Crippen LogP contribution in [0.1, 0.15) is 168 Å². The topological polar surface area (TPSA) is 117 Å². The summed E-state index contributed by atoms with van der Waals surface area (Å²) in [6.45, 7) is 4.76. The first-order valence-corrected chi connectivity index (χ1v) is 21.6. The van der Waals surface area contributed by atoms with Crippen molar-refractivity contribution in [3.05, 3.63) is 48.6 Å². The van der Waals surface area contributed by atoms with Gasteiger partial charge in [-0.15, -0.1) is 0 Å². The van der Waals surface area contributed by atoms with Crippen LogP contribution in [0.3, 0.4) is 0 Å². The van der Waals surface area contributed by atoms with E-state index in [1.807, 2.05) is 0 Å². The highest BCUT2D eigenvalue weighted by Gasteiger charge is 2.25. The van der Waals surface area contributed by atoms with E-state index in [0.29, 0.717) is 13.0 Å². The molecule has 0 aliphatic rings. The van der Waals surface area contributed by atoms with E-state index in [9.17, 15) is 14.3 Å². The van der Waals surface area contributed by atoms with Crippen LogP contribution in [-0.2, 0) is 27.9 Å². The monoisotopic (exact) mass is 726 g/mol. The average molecular weight is 726 g/mol. The van der Waals surface area contributed by atoms with Gasteiger partial charge in [-0.1, -0.05) is 140 Å². The summed E-state index contributed by atoms with van der Waals surface area (Å²) in [5.74, 6) is -0.351. The van der Waals surface area contributed by atoms with Crippen molar-refractivity contribution in [3.8, 4) is 0 Å². The SMILES string of the molecule is CC/C=C\C/C=C\C/C=C\CCCCCCCC(=O)OC(COCCCCCCCC/C=C\CCCCCCCC)COP(=O)(O)OCCN. The Morgan fingerprint density at radius 2 is 1.12 bits per heavy atom. The molecule has 0 aliphatic carbocycles. The first-order chi connectivity index (χ1) is 24.4. The molecule has 0 saturated heterocycles. The summed E-state index contributed by atoms with van der Waals surface area (Å²) in [6, 6.07) is 0. The molecular formula is C41H76NO7P. The highest BCUT2D eigenvalue weighted by Crippen LogP contribution is 2.43. The Labute approximate surface area is 307 Å². The van der Waals surface area contributed by atoms with Crippen molar-refractivity contribution in [1.82, 2.24) is 0 Å². The number of hydrogen-bond acceptors (Lipinski definition) is 7. The summed E-state index contributed by atoms with van der Waals surface area (Å²) < 4.78 is 33.3. The van der Waals surface area contributed by atoms with Gasteiger partial charge in [0.1, 0.15) is 6.10 Å². The number of carbonyl (C=O) groups is 1. The number of hydrogen-bond donors (Lipinski definition) is 2.